The van der Waals surface area contributed by atoms with E-state index in [4.69, 9.17) is 16.3 Å². The van der Waals surface area contributed by atoms with Crippen LogP contribution >= 0.6 is 11.6 Å². The number of pyridine rings is 2. The van der Waals surface area contributed by atoms with Crippen LogP contribution in [-0.4, -0.2) is 46.6 Å². The highest BCUT2D eigenvalue weighted by Gasteiger charge is 2.22. The van der Waals surface area contributed by atoms with Gasteiger partial charge in [0.2, 0.25) is 0 Å². The molecule has 3 rings (SSSR count). The van der Waals surface area contributed by atoms with Gasteiger partial charge in [-0.3, -0.25) is 9.78 Å². The predicted molar refractivity (Wildman–Crippen MR) is 121 cm³/mol. The summed E-state index contributed by atoms with van der Waals surface area (Å²) in [5, 5.41) is 15.2. The third-order valence-electron chi connectivity index (χ3n) is 4.62. The molecule has 1 amide bonds. The molecular weight excluding hydrogens is 432 g/mol. The van der Waals surface area contributed by atoms with Crippen LogP contribution in [0, 0.1) is 0 Å². The molecule has 0 spiro atoms. The molecule has 32 heavy (non-hydrogen) atoms. The third-order valence-corrected chi connectivity index (χ3v) is 4.95. The topological polar surface area (TPSA) is 113 Å². The van der Waals surface area contributed by atoms with Crippen LogP contribution in [0.25, 0.3) is 0 Å². The van der Waals surface area contributed by atoms with Crippen molar-refractivity contribution >= 4 is 29.3 Å². The predicted octanol–water partition coefficient (Wildman–Crippen LogP) is 3.22. The molecule has 1 atom stereocenters. The van der Waals surface area contributed by atoms with E-state index in [1.165, 1.54) is 12.3 Å². The first kappa shape index (κ1) is 23.0. The lowest BCUT2D eigenvalue weighted by Gasteiger charge is -2.15. The summed E-state index contributed by atoms with van der Waals surface area (Å²) in [5.74, 6) is -0.364. The van der Waals surface area contributed by atoms with E-state index in [1.54, 1.807) is 30.3 Å². The number of benzene rings is 1. The number of aromatic nitrogens is 2. The molecule has 0 saturated heterocycles. The van der Waals surface area contributed by atoms with Crippen LogP contribution < -0.4 is 15.4 Å². The molecule has 1 aromatic carbocycles. The van der Waals surface area contributed by atoms with Crippen LogP contribution in [0.5, 0.6) is 5.75 Å². The molecule has 8 nitrogen and oxygen atoms in total. The number of carboxylic acid groups (broad SMARTS) is 1. The molecule has 9 heteroatoms. The second-order valence-electron chi connectivity index (χ2n) is 6.90. The number of halogens is 1. The molecule has 0 radical (unpaired) electrons. The summed E-state index contributed by atoms with van der Waals surface area (Å²) in [6.45, 7) is 0.423. The number of nitrogens with zero attached hydrogens (tertiary/aromatic N) is 2. The summed E-state index contributed by atoms with van der Waals surface area (Å²) in [6.07, 6.45) is 2.18. The number of aliphatic carboxylic acids is 1. The Bertz CT molecular complexity index is 1080. The Morgan fingerprint density at radius 1 is 1.09 bits per heavy atom. The Hall–Kier alpha value is -3.65. The molecule has 0 unspecified atom stereocenters. The van der Waals surface area contributed by atoms with Crippen molar-refractivity contribution in [1.29, 1.82) is 0 Å². The lowest BCUT2D eigenvalue weighted by Crippen LogP contribution is -2.42. The summed E-state index contributed by atoms with van der Waals surface area (Å²) in [4.78, 5) is 32.7. The number of hydrogen-bond acceptors (Lipinski definition) is 6. The second kappa shape index (κ2) is 11.1. The Balaban J connectivity index is 1.55. The van der Waals surface area contributed by atoms with Crippen LogP contribution in [0.3, 0.4) is 0 Å². The molecule has 0 fully saturated rings. The Morgan fingerprint density at radius 3 is 2.59 bits per heavy atom. The van der Waals surface area contributed by atoms with Crippen molar-refractivity contribution in [2.24, 2.45) is 0 Å². The average molecular weight is 455 g/mol. The smallest absolute Gasteiger partial charge is 0.326 e. The minimum Gasteiger partial charge on any atom is -0.492 e. The van der Waals surface area contributed by atoms with E-state index >= 15 is 0 Å². The number of carboxylic acids is 1. The van der Waals surface area contributed by atoms with Gasteiger partial charge in [-0.1, -0.05) is 29.8 Å². The first-order chi connectivity index (χ1) is 15.5. The Morgan fingerprint density at radius 2 is 1.91 bits per heavy atom. The van der Waals surface area contributed by atoms with Crippen molar-refractivity contribution < 1.29 is 19.4 Å². The maximum absolute atomic E-state index is 12.4. The molecule has 0 saturated carbocycles. The van der Waals surface area contributed by atoms with Crippen molar-refractivity contribution in [3.05, 3.63) is 82.8 Å². The summed E-state index contributed by atoms with van der Waals surface area (Å²) >= 11 is 6.01. The number of rotatable bonds is 10. The van der Waals surface area contributed by atoms with E-state index in [1.807, 2.05) is 25.2 Å². The van der Waals surface area contributed by atoms with E-state index in [9.17, 15) is 14.7 Å². The normalized spacial score (nSPS) is 11.4. The minimum absolute atomic E-state index is 0.0204. The standard InChI is InChI=1S/C23H23ClN4O4/c1-25-21-8-4-5-15(27-21)11-12-32-17-10-9-16(26-14-17)13-20(23(30)31)28-22(29)18-6-2-3-7-19(18)24/h2-10,14,20H,11-13H2,1H3,(H,25,27)(H,28,29)(H,30,31)/t20-/m0/s1. The average Bonchev–Trinajstić information content (AvgIpc) is 2.80. The SMILES string of the molecule is CNc1cccc(CCOc2ccc(C[C@H](NC(=O)c3ccccc3Cl)C(=O)O)nc2)n1. The molecular formula is C23H23ClN4O4. The number of carbonyl (C=O) groups is 2. The van der Waals surface area contributed by atoms with E-state index < -0.39 is 17.9 Å². The van der Waals surface area contributed by atoms with E-state index in [0.29, 0.717) is 24.5 Å². The van der Waals surface area contributed by atoms with E-state index in [0.717, 1.165) is 11.5 Å². The fourth-order valence-corrected chi connectivity index (χ4v) is 3.16. The largest absolute Gasteiger partial charge is 0.492 e. The van der Waals surface area contributed by atoms with Crippen LogP contribution in [0.15, 0.2) is 60.8 Å². The number of carbonyl (C=O) groups excluding carboxylic acids is 1. The number of nitrogens with one attached hydrogen (secondary N) is 2. The van der Waals surface area contributed by atoms with E-state index in [-0.39, 0.29) is 17.0 Å². The molecule has 0 aliphatic carbocycles. The molecule has 3 aromatic rings. The molecule has 2 heterocycles. The quantitative estimate of drug-likeness (QED) is 0.431. The molecule has 2 aromatic heterocycles. The van der Waals surface area contributed by atoms with Gasteiger partial charge >= 0.3 is 5.97 Å². The van der Waals surface area contributed by atoms with Gasteiger partial charge in [0.05, 0.1) is 23.4 Å². The maximum atomic E-state index is 12.4. The van der Waals surface area contributed by atoms with E-state index in [2.05, 4.69) is 20.6 Å². The van der Waals surface area contributed by atoms with Crippen molar-refractivity contribution in [3.63, 3.8) is 0 Å². The molecule has 0 aliphatic rings. The van der Waals surface area contributed by atoms with Gasteiger partial charge in [0.15, 0.2) is 0 Å². The van der Waals surface area contributed by atoms with Gasteiger partial charge in [-0.15, -0.1) is 0 Å². The maximum Gasteiger partial charge on any atom is 0.326 e. The second-order valence-corrected chi connectivity index (χ2v) is 7.30. The zero-order valence-electron chi connectivity index (χ0n) is 17.4. The first-order valence-electron chi connectivity index (χ1n) is 9.96. The third kappa shape index (κ3) is 6.42. The monoisotopic (exact) mass is 454 g/mol. The van der Waals surface area contributed by atoms with Gasteiger partial charge in [-0.25, -0.2) is 9.78 Å². The van der Waals surface area contributed by atoms with Crippen LogP contribution in [-0.2, 0) is 17.6 Å². The van der Waals surface area contributed by atoms with Gasteiger partial charge in [0.25, 0.3) is 5.91 Å². The number of anilines is 1. The number of hydrogen-bond donors (Lipinski definition) is 3. The first-order valence-corrected chi connectivity index (χ1v) is 10.3. The summed E-state index contributed by atoms with van der Waals surface area (Å²) in [6, 6.07) is 14.4. The highest BCUT2D eigenvalue weighted by molar-refractivity contribution is 6.33. The van der Waals surface area contributed by atoms with Gasteiger partial charge in [0.1, 0.15) is 17.6 Å². The minimum atomic E-state index is -1.16. The van der Waals surface area contributed by atoms with Crippen molar-refractivity contribution in [1.82, 2.24) is 15.3 Å². The summed E-state index contributed by atoms with van der Waals surface area (Å²) < 4.78 is 5.70. The van der Waals surface area contributed by atoms with Crippen LogP contribution in [0.1, 0.15) is 21.7 Å². The number of ether oxygens (including phenoxy) is 1. The zero-order valence-corrected chi connectivity index (χ0v) is 18.2. The lowest BCUT2D eigenvalue weighted by molar-refractivity contribution is -0.139. The van der Waals surface area contributed by atoms with Gasteiger partial charge in [0, 0.05) is 31.3 Å². The van der Waals surface area contributed by atoms with Crippen LogP contribution in [0.2, 0.25) is 5.02 Å². The molecule has 166 valence electrons. The van der Waals surface area contributed by atoms with Crippen molar-refractivity contribution in [2.75, 3.05) is 19.0 Å². The van der Waals surface area contributed by atoms with Gasteiger partial charge in [-0.05, 0) is 36.4 Å². The molecule has 3 N–H and O–H groups in total. The Labute approximate surface area is 190 Å². The number of amides is 1. The van der Waals surface area contributed by atoms with Crippen molar-refractivity contribution in [3.8, 4) is 5.75 Å². The highest BCUT2D eigenvalue weighted by Crippen LogP contribution is 2.16. The fourth-order valence-electron chi connectivity index (χ4n) is 2.94. The molecule has 0 aliphatic heterocycles. The van der Waals surface area contributed by atoms with Gasteiger partial charge in [-0.2, -0.15) is 0 Å². The lowest BCUT2D eigenvalue weighted by atomic mass is 10.1. The van der Waals surface area contributed by atoms with Crippen molar-refractivity contribution in [2.45, 2.75) is 18.9 Å². The van der Waals surface area contributed by atoms with Gasteiger partial charge < -0.3 is 20.5 Å². The highest BCUT2D eigenvalue weighted by atomic mass is 35.5. The summed E-state index contributed by atoms with van der Waals surface area (Å²) in [7, 11) is 1.81. The zero-order chi connectivity index (χ0) is 22.9. The molecule has 0 bridgehead atoms. The fraction of sp³-hybridized carbons (Fsp3) is 0.217. The summed E-state index contributed by atoms with van der Waals surface area (Å²) in [5.41, 5.74) is 1.62. The Kier molecular flexibility index (Phi) is 7.99. The van der Waals surface area contributed by atoms with Crippen LogP contribution in [0.4, 0.5) is 5.82 Å².